The lowest BCUT2D eigenvalue weighted by molar-refractivity contribution is 0.769. The topological polar surface area (TPSA) is 3.24 Å². The van der Waals surface area contributed by atoms with Gasteiger partial charge in [-0.1, -0.05) is 182 Å². The van der Waals surface area contributed by atoms with Crippen LogP contribution in [0.3, 0.4) is 0 Å². The quantitative estimate of drug-likeness (QED) is 0.163. The van der Waals surface area contributed by atoms with Crippen LogP contribution in [-0.2, 0) is 5.41 Å². The van der Waals surface area contributed by atoms with Gasteiger partial charge >= 0.3 is 0 Å². The monoisotopic (exact) mass is 767 g/mol. The van der Waals surface area contributed by atoms with Crippen molar-refractivity contribution < 1.29 is 0 Å². The van der Waals surface area contributed by atoms with Crippen molar-refractivity contribution in [3.63, 3.8) is 0 Å². The van der Waals surface area contributed by atoms with Gasteiger partial charge in [0.15, 0.2) is 0 Å². The van der Waals surface area contributed by atoms with Crippen LogP contribution in [0.25, 0.3) is 64.0 Å². The summed E-state index contributed by atoms with van der Waals surface area (Å²) in [6.45, 7) is 0. The minimum atomic E-state index is -0.454. The van der Waals surface area contributed by atoms with Crippen LogP contribution in [0.4, 0.5) is 17.1 Å². The number of para-hydroxylation sites is 1. The van der Waals surface area contributed by atoms with E-state index in [9.17, 15) is 0 Å². The van der Waals surface area contributed by atoms with E-state index in [2.05, 4.69) is 229 Å². The second kappa shape index (κ2) is 13.4. The van der Waals surface area contributed by atoms with Gasteiger partial charge in [0.1, 0.15) is 0 Å². The molecule has 10 aromatic carbocycles. The van der Waals surface area contributed by atoms with Crippen molar-refractivity contribution in [3.8, 4) is 22.3 Å². The third-order valence-corrected chi connectivity index (χ3v) is 13.7. The average molecular weight is 768 g/mol. The fraction of sp³-hybridized carbons (Fsp3) is 0.0175. The molecule has 0 bridgehead atoms. The largest absolute Gasteiger partial charge is 0.310 e. The maximum Gasteiger partial charge on any atom is 0.0713 e. The van der Waals surface area contributed by atoms with Gasteiger partial charge in [-0.3, -0.25) is 0 Å². The summed E-state index contributed by atoms with van der Waals surface area (Å²) in [5.41, 5.74) is 13.3. The number of benzene rings is 10. The Hall–Kier alpha value is -7.26. The van der Waals surface area contributed by atoms with Crippen LogP contribution in [0.1, 0.15) is 22.3 Å². The Labute approximate surface area is 347 Å². The van der Waals surface area contributed by atoms with Crippen LogP contribution in [0.2, 0.25) is 0 Å². The third kappa shape index (κ3) is 5.10. The lowest BCUT2D eigenvalue weighted by Gasteiger charge is -2.34. The van der Waals surface area contributed by atoms with Gasteiger partial charge in [-0.25, -0.2) is 0 Å². The molecule has 12 rings (SSSR count). The van der Waals surface area contributed by atoms with Crippen molar-refractivity contribution in [2.45, 2.75) is 5.41 Å². The standard InChI is InChI=1S/C57H37NS/c1-4-19-40(20-5-1)57(41-21-6-2-7-22-41)52-29-15-14-27-46(52)47-33-31-39(35-53(47)57)50-37-51-48-34-32-43(36-55(48)59-56(51)49-28-13-12-26-45(49)50)58(42-23-8-3-9-24-42)54-30-16-18-38-17-10-11-25-44(38)54/h1-37H. The molecule has 0 atom stereocenters. The molecule has 0 radical (unpaired) electrons. The Balaban J connectivity index is 1.08. The lowest BCUT2D eigenvalue weighted by atomic mass is 9.67. The van der Waals surface area contributed by atoms with Crippen molar-refractivity contribution in [3.05, 3.63) is 247 Å². The molecule has 59 heavy (non-hydrogen) atoms. The van der Waals surface area contributed by atoms with Crippen molar-refractivity contribution in [1.82, 2.24) is 0 Å². The Bertz CT molecular complexity index is 3340. The molecule has 1 aliphatic rings. The fourth-order valence-corrected chi connectivity index (χ4v) is 11.2. The molecule has 1 nitrogen and oxygen atoms in total. The molecule has 2 heteroatoms. The predicted molar refractivity (Wildman–Crippen MR) is 252 cm³/mol. The van der Waals surface area contributed by atoms with Gasteiger partial charge in [-0.15, -0.1) is 11.3 Å². The second-order valence-electron chi connectivity index (χ2n) is 15.6. The van der Waals surface area contributed by atoms with Crippen LogP contribution >= 0.6 is 11.3 Å². The summed E-state index contributed by atoms with van der Waals surface area (Å²) < 4.78 is 2.60. The Morgan fingerprint density at radius 1 is 0.356 bits per heavy atom. The molecule has 0 aliphatic heterocycles. The number of thiophene rings is 1. The molecule has 0 unspecified atom stereocenters. The molecule has 1 aromatic heterocycles. The van der Waals surface area contributed by atoms with Crippen molar-refractivity contribution >= 4 is 70.1 Å². The van der Waals surface area contributed by atoms with Crippen molar-refractivity contribution in [2.24, 2.45) is 0 Å². The SMILES string of the molecule is c1ccc(N(c2ccc3c(c2)sc2c4ccccc4c(-c4ccc5c(c4)C(c4ccccc4)(c4ccccc4)c4ccccc4-5)cc32)c2cccc3ccccc23)cc1. The van der Waals surface area contributed by atoms with Gasteiger partial charge < -0.3 is 4.90 Å². The highest BCUT2D eigenvalue weighted by atomic mass is 32.1. The zero-order valence-corrected chi connectivity index (χ0v) is 33.0. The number of rotatable bonds is 6. The molecule has 0 saturated carbocycles. The van der Waals surface area contributed by atoms with E-state index in [0.717, 1.165) is 11.4 Å². The zero-order chi connectivity index (χ0) is 38.9. The van der Waals surface area contributed by atoms with E-state index >= 15 is 0 Å². The number of nitrogens with zero attached hydrogens (tertiary/aromatic N) is 1. The van der Waals surface area contributed by atoms with Gasteiger partial charge in [0.2, 0.25) is 0 Å². The number of hydrogen-bond donors (Lipinski definition) is 0. The molecule has 0 amide bonds. The molecule has 0 fully saturated rings. The molecule has 276 valence electrons. The summed E-state index contributed by atoms with van der Waals surface area (Å²) in [6, 6.07) is 82.9. The van der Waals surface area contributed by atoms with Crippen molar-refractivity contribution in [2.75, 3.05) is 4.90 Å². The summed E-state index contributed by atoms with van der Waals surface area (Å²) in [5, 5.41) is 7.60. The van der Waals surface area contributed by atoms with Gasteiger partial charge in [0.25, 0.3) is 0 Å². The summed E-state index contributed by atoms with van der Waals surface area (Å²) in [5.74, 6) is 0. The van der Waals surface area contributed by atoms with E-state index in [0.29, 0.717) is 0 Å². The third-order valence-electron chi connectivity index (χ3n) is 12.5. The van der Waals surface area contributed by atoms with Crippen LogP contribution < -0.4 is 4.90 Å². The normalized spacial score (nSPS) is 12.9. The minimum Gasteiger partial charge on any atom is -0.310 e. The van der Waals surface area contributed by atoms with Crippen LogP contribution in [-0.4, -0.2) is 0 Å². The number of hydrogen-bond acceptors (Lipinski definition) is 2. The van der Waals surface area contributed by atoms with Crippen LogP contribution in [0.15, 0.2) is 224 Å². The molecular weight excluding hydrogens is 731 g/mol. The van der Waals surface area contributed by atoms with Crippen LogP contribution in [0.5, 0.6) is 0 Å². The number of fused-ring (bicyclic) bond motifs is 9. The first-order valence-electron chi connectivity index (χ1n) is 20.3. The summed E-state index contributed by atoms with van der Waals surface area (Å²) in [7, 11) is 0. The van der Waals surface area contributed by atoms with E-state index in [1.54, 1.807) is 0 Å². The van der Waals surface area contributed by atoms with Crippen LogP contribution in [0, 0.1) is 0 Å². The minimum absolute atomic E-state index is 0.454. The first kappa shape index (κ1) is 33.8. The molecule has 0 saturated heterocycles. The van der Waals surface area contributed by atoms with Crippen molar-refractivity contribution in [1.29, 1.82) is 0 Å². The maximum absolute atomic E-state index is 2.50. The molecule has 0 spiro atoms. The number of anilines is 3. The van der Waals surface area contributed by atoms with Gasteiger partial charge in [0, 0.05) is 42.3 Å². The summed E-state index contributed by atoms with van der Waals surface area (Å²) in [4.78, 5) is 2.41. The zero-order valence-electron chi connectivity index (χ0n) is 32.2. The van der Waals surface area contributed by atoms with E-state index in [4.69, 9.17) is 0 Å². The summed E-state index contributed by atoms with van der Waals surface area (Å²) in [6.07, 6.45) is 0. The molecule has 1 aliphatic carbocycles. The second-order valence-corrected chi connectivity index (χ2v) is 16.6. The highest BCUT2D eigenvalue weighted by molar-refractivity contribution is 7.26. The average Bonchev–Trinajstić information content (AvgIpc) is 3.83. The molecule has 0 N–H and O–H groups in total. The van der Waals surface area contributed by atoms with E-state index in [1.807, 2.05) is 11.3 Å². The molecule has 11 aromatic rings. The fourth-order valence-electron chi connectivity index (χ4n) is 9.98. The highest BCUT2D eigenvalue weighted by Crippen LogP contribution is 2.57. The van der Waals surface area contributed by atoms with Gasteiger partial charge in [-0.05, 0) is 97.7 Å². The smallest absolute Gasteiger partial charge is 0.0713 e. The van der Waals surface area contributed by atoms with E-state index in [1.165, 1.54) is 91.9 Å². The predicted octanol–water partition coefficient (Wildman–Crippen LogP) is 15.9. The van der Waals surface area contributed by atoms with E-state index < -0.39 is 5.41 Å². The Kier molecular flexibility index (Phi) is 7.69. The highest BCUT2D eigenvalue weighted by Gasteiger charge is 2.46. The van der Waals surface area contributed by atoms with Gasteiger partial charge in [0.05, 0.1) is 11.1 Å². The molecular formula is C57H37NS. The first-order chi connectivity index (χ1) is 29.3. The Morgan fingerprint density at radius 2 is 0.983 bits per heavy atom. The first-order valence-corrected chi connectivity index (χ1v) is 21.2. The lowest BCUT2D eigenvalue weighted by Crippen LogP contribution is -2.28. The molecule has 1 heterocycles. The Morgan fingerprint density at radius 3 is 1.76 bits per heavy atom. The summed E-state index contributed by atoms with van der Waals surface area (Å²) >= 11 is 1.90. The van der Waals surface area contributed by atoms with E-state index in [-0.39, 0.29) is 0 Å². The van der Waals surface area contributed by atoms with Gasteiger partial charge in [-0.2, -0.15) is 0 Å². The maximum atomic E-state index is 2.50.